The molecule has 0 bridgehead atoms. The van der Waals surface area contributed by atoms with Crippen molar-refractivity contribution in [2.45, 2.75) is 0 Å². The van der Waals surface area contributed by atoms with Crippen molar-refractivity contribution in [3.63, 3.8) is 0 Å². The highest BCUT2D eigenvalue weighted by atomic mass is 15.2. The minimum atomic E-state index is 0.986. The number of nitrogens with zero attached hydrogens (tertiary/aromatic N) is 4. The second-order valence-corrected chi connectivity index (χ2v) is 14.3. The summed E-state index contributed by atoms with van der Waals surface area (Å²) in [5.74, 6) is 0. The average molecular weight is 673 g/mol. The Hall–Kier alpha value is -7.17. The number of benzene rings is 8. The summed E-state index contributed by atoms with van der Waals surface area (Å²) < 4.78 is 4.95. The van der Waals surface area contributed by atoms with Crippen LogP contribution >= 0.6 is 0 Å². The minimum Gasteiger partial charge on any atom is -0.308 e. The van der Waals surface area contributed by atoms with Crippen LogP contribution in [0.15, 0.2) is 170 Å². The smallest absolute Gasteiger partial charge is 0.146 e. The summed E-state index contributed by atoms with van der Waals surface area (Å²) >= 11 is 0. The number of para-hydroxylation sites is 4. The first-order valence-corrected chi connectivity index (χ1v) is 18.2. The molecule has 5 aromatic heterocycles. The van der Waals surface area contributed by atoms with Crippen LogP contribution in [0.5, 0.6) is 0 Å². The maximum absolute atomic E-state index is 5.80. The fourth-order valence-corrected chi connectivity index (χ4v) is 9.60. The third kappa shape index (κ3) is 3.39. The summed E-state index contributed by atoms with van der Waals surface area (Å²) in [6.45, 7) is 0. The van der Waals surface area contributed by atoms with Gasteiger partial charge in [0.25, 0.3) is 0 Å². The molecule has 0 atom stereocenters. The molecule has 5 heterocycles. The van der Waals surface area contributed by atoms with E-state index in [1.807, 2.05) is 0 Å². The molecule has 13 rings (SSSR count). The van der Waals surface area contributed by atoms with E-state index in [4.69, 9.17) is 4.98 Å². The van der Waals surface area contributed by atoms with Crippen LogP contribution in [0.2, 0.25) is 0 Å². The van der Waals surface area contributed by atoms with Crippen LogP contribution in [0.1, 0.15) is 0 Å². The second-order valence-electron chi connectivity index (χ2n) is 14.3. The van der Waals surface area contributed by atoms with Crippen LogP contribution in [0.3, 0.4) is 0 Å². The van der Waals surface area contributed by atoms with E-state index in [1.54, 1.807) is 0 Å². The molecule has 0 fully saturated rings. The monoisotopic (exact) mass is 672 g/mol. The molecule has 4 heteroatoms. The normalized spacial score (nSPS) is 12.5. The lowest BCUT2D eigenvalue weighted by Crippen LogP contribution is -2.10. The number of fused-ring (bicyclic) bond motifs is 16. The zero-order chi connectivity index (χ0) is 34.4. The molecule has 0 spiro atoms. The predicted octanol–water partition coefficient (Wildman–Crippen LogP) is 13.2. The fraction of sp³-hybridized carbons (Fsp3) is 0. The van der Waals surface area contributed by atoms with Crippen LogP contribution in [0.25, 0.3) is 98.0 Å². The van der Waals surface area contributed by atoms with Gasteiger partial charge in [0.15, 0.2) is 0 Å². The van der Waals surface area contributed by atoms with E-state index in [0.29, 0.717) is 0 Å². The van der Waals surface area contributed by atoms with Gasteiger partial charge in [-0.2, -0.15) is 0 Å². The molecular weight excluding hydrogens is 645 g/mol. The molecule has 0 radical (unpaired) electrons. The first-order valence-electron chi connectivity index (χ1n) is 18.2. The molecule has 0 aliphatic rings. The molecule has 0 N–H and O–H groups in total. The van der Waals surface area contributed by atoms with Crippen LogP contribution < -0.4 is 4.90 Å². The number of rotatable bonds is 3. The van der Waals surface area contributed by atoms with Gasteiger partial charge in [0.1, 0.15) is 5.65 Å². The molecule has 0 unspecified atom stereocenters. The van der Waals surface area contributed by atoms with Gasteiger partial charge in [-0.05, 0) is 76.1 Å². The third-order valence-electron chi connectivity index (χ3n) is 11.7. The molecule has 8 aromatic carbocycles. The standard InChI is InChI=1S/C49H28N4/c1-3-16-31(17-4-1)51(32-18-5-2-6-19-32)41-25-13-23-35-37-26-29-14-7-10-21-34(29)44-38-28-42-45(50-49(38)53(46(35)41)47(37)44)39-27-30-15-8-9-20-33(30)43-36-22-11-12-24-40(36)52(42)48(39)43/h1-28H. The highest BCUT2D eigenvalue weighted by molar-refractivity contribution is 6.35. The number of hydrogen-bond donors (Lipinski definition) is 0. The van der Waals surface area contributed by atoms with Gasteiger partial charge in [-0.3, -0.25) is 4.40 Å². The van der Waals surface area contributed by atoms with Crippen molar-refractivity contribution >= 4 is 115 Å². The van der Waals surface area contributed by atoms with Gasteiger partial charge >= 0.3 is 0 Å². The molecule has 0 aliphatic heterocycles. The van der Waals surface area contributed by atoms with E-state index in [-0.39, 0.29) is 0 Å². The first-order chi connectivity index (χ1) is 26.3. The Kier molecular flexibility index (Phi) is 5.08. The summed E-state index contributed by atoms with van der Waals surface area (Å²) in [6, 6.07) is 61.9. The van der Waals surface area contributed by atoms with Crippen molar-refractivity contribution in [3.05, 3.63) is 170 Å². The molecular formula is C49H28N4. The van der Waals surface area contributed by atoms with E-state index >= 15 is 0 Å². The van der Waals surface area contributed by atoms with E-state index in [9.17, 15) is 0 Å². The van der Waals surface area contributed by atoms with Crippen molar-refractivity contribution in [2.24, 2.45) is 0 Å². The van der Waals surface area contributed by atoms with Gasteiger partial charge < -0.3 is 9.30 Å². The zero-order valence-electron chi connectivity index (χ0n) is 28.5. The van der Waals surface area contributed by atoms with E-state index in [1.165, 1.54) is 75.8 Å². The summed E-state index contributed by atoms with van der Waals surface area (Å²) in [5.41, 5.74) is 11.3. The van der Waals surface area contributed by atoms with Crippen LogP contribution in [-0.2, 0) is 0 Å². The Balaban J connectivity index is 1.28. The van der Waals surface area contributed by atoms with Gasteiger partial charge in [0.2, 0.25) is 0 Å². The number of aromatic nitrogens is 3. The number of anilines is 3. The van der Waals surface area contributed by atoms with Crippen LogP contribution in [0, 0.1) is 0 Å². The molecule has 0 saturated carbocycles. The molecule has 0 saturated heterocycles. The lowest BCUT2D eigenvalue weighted by atomic mass is 10.00. The minimum absolute atomic E-state index is 0.986. The first kappa shape index (κ1) is 27.5. The molecule has 0 aliphatic carbocycles. The van der Waals surface area contributed by atoms with Crippen molar-refractivity contribution in [1.29, 1.82) is 0 Å². The van der Waals surface area contributed by atoms with Gasteiger partial charge in [-0.1, -0.05) is 115 Å². The van der Waals surface area contributed by atoms with Gasteiger partial charge in [-0.15, -0.1) is 0 Å². The van der Waals surface area contributed by atoms with Gasteiger partial charge in [0, 0.05) is 49.1 Å². The molecule has 0 amide bonds. The van der Waals surface area contributed by atoms with E-state index in [2.05, 4.69) is 184 Å². The quantitative estimate of drug-likeness (QED) is 0.187. The highest BCUT2D eigenvalue weighted by Crippen LogP contribution is 2.49. The largest absolute Gasteiger partial charge is 0.308 e. The van der Waals surface area contributed by atoms with Crippen molar-refractivity contribution < 1.29 is 0 Å². The summed E-state index contributed by atoms with van der Waals surface area (Å²) in [5, 5.41) is 13.7. The molecule has 244 valence electrons. The lowest BCUT2D eigenvalue weighted by molar-refractivity contribution is 1.25. The number of hydrogen-bond acceptors (Lipinski definition) is 2. The topological polar surface area (TPSA) is 25.0 Å². The Morgan fingerprint density at radius 3 is 1.66 bits per heavy atom. The Labute approximate surface area is 302 Å². The molecule has 4 nitrogen and oxygen atoms in total. The molecule has 13 aromatic rings. The Bertz CT molecular complexity index is 3580. The summed E-state index contributed by atoms with van der Waals surface area (Å²) in [4.78, 5) is 8.19. The predicted molar refractivity (Wildman–Crippen MR) is 223 cm³/mol. The maximum atomic E-state index is 5.80. The Morgan fingerprint density at radius 2 is 0.943 bits per heavy atom. The van der Waals surface area contributed by atoms with Crippen molar-refractivity contribution in [1.82, 2.24) is 13.8 Å². The average Bonchev–Trinajstić information content (AvgIpc) is 3.94. The van der Waals surface area contributed by atoms with Crippen LogP contribution in [0.4, 0.5) is 17.1 Å². The van der Waals surface area contributed by atoms with E-state index in [0.717, 1.165) is 39.3 Å². The van der Waals surface area contributed by atoms with Gasteiger partial charge in [-0.25, -0.2) is 4.98 Å². The lowest BCUT2D eigenvalue weighted by Gasteiger charge is -2.26. The Morgan fingerprint density at radius 1 is 0.377 bits per heavy atom. The molecule has 53 heavy (non-hydrogen) atoms. The highest BCUT2D eigenvalue weighted by Gasteiger charge is 2.27. The van der Waals surface area contributed by atoms with Crippen molar-refractivity contribution in [2.75, 3.05) is 4.90 Å². The zero-order valence-corrected chi connectivity index (χ0v) is 28.5. The fourth-order valence-electron chi connectivity index (χ4n) is 9.60. The van der Waals surface area contributed by atoms with Gasteiger partial charge in [0.05, 0.1) is 38.8 Å². The maximum Gasteiger partial charge on any atom is 0.146 e. The van der Waals surface area contributed by atoms with E-state index < -0.39 is 0 Å². The number of pyridine rings is 1. The van der Waals surface area contributed by atoms with Crippen LogP contribution in [-0.4, -0.2) is 13.8 Å². The SMILES string of the molecule is c1ccc(N(c2ccccc2)c2cccc3c4cc5ccccc5c5c6cc7c(nc6n(c23)c45)c2cc3ccccc3c3c4ccccc4n7c23)cc1. The third-order valence-corrected chi connectivity index (χ3v) is 11.7. The second kappa shape index (κ2) is 9.78. The summed E-state index contributed by atoms with van der Waals surface area (Å²) in [6.07, 6.45) is 0. The summed E-state index contributed by atoms with van der Waals surface area (Å²) in [7, 11) is 0. The van der Waals surface area contributed by atoms with Crippen molar-refractivity contribution in [3.8, 4) is 0 Å².